The van der Waals surface area contributed by atoms with Gasteiger partial charge in [0.1, 0.15) is 6.04 Å². The summed E-state index contributed by atoms with van der Waals surface area (Å²) >= 11 is 0. The molecule has 3 amide bonds. The lowest BCUT2D eigenvalue weighted by molar-refractivity contribution is -0.117. The summed E-state index contributed by atoms with van der Waals surface area (Å²) in [7, 11) is 0. The fourth-order valence-electron chi connectivity index (χ4n) is 3.21. The average molecular weight is 346 g/mol. The fraction of sp³-hybridized carbons (Fsp3) is 0.150. The number of anilines is 1. The van der Waals surface area contributed by atoms with Crippen LogP contribution < -0.4 is 16.0 Å². The summed E-state index contributed by atoms with van der Waals surface area (Å²) in [6, 6.07) is 16.3. The van der Waals surface area contributed by atoms with Crippen LogP contribution in [-0.2, 0) is 11.2 Å². The third-order valence-electron chi connectivity index (χ3n) is 4.46. The van der Waals surface area contributed by atoms with Crippen molar-refractivity contribution in [2.45, 2.75) is 12.5 Å². The first-order valence-electron chi connectivity index (χ1n) is 8.49. The molecule has 0 spiro atoms. The van der Waals surface area contributed by atoms with Gasteiger partial charge in [-0.2, -0.15) is 0 Å². The predicted molar refractivity (Wildman–Crippen MR) is 99.8 cm³/mol. The highest BCUT2D eigenvalue weighted by atomic mass is 16.2. The van der Waals surface area contributed by atoms with E-state index in [9.17, 15) is 9.59 Å². The third-order valence-corrected chi connectivity index (χ3v) is 4.46. The highest BCUT2D eigenvalue weighted by molar-refractivity contribution is 6.04. The molecular formula is C20H18N4O2. The van der Waals surface area contributed by atoms with Crippen LogP contribution >= 0.6 is 0 Å². The second kappa shape index (κ2) is 6.84. The van der Waals surface area contributed by atoms with Gasteiger partial charge in [-0.05, 0) is 24.1 Å². The molecule has 1 aromatic heterocycles. The van der Waals surface area contributed by atoms with Gasteiger partial charge in [0.2, 0.25) is 0 Å². The Kier molecular flexibility index (Phi) is 4.23. The van der Waals surface area contributed by atoms with Crippen molar-refractivity contribution in [3.63, 3.8) is 0 Å². The number of urea groups is 1. The normalized spacial score (nSPS) is 15.4. The largest absolute Gasteiger partial charge is 0.338 e. The molecular weight excluding hydrogens is 328 g/mol. The van der Waals surface area contributed by atoms with Crippen LogP contribution in [-0.4, -0.2) is 23.5 Å². The van der Waals surface area contributed by atoms with Gasteiger partial charge < -0.3 is 16.0 Å². The van der Waals surface area contributed by atoms with Gasteiger partial charge in [0, 0.05) is 29.4 Å². The van der Waals surface area contributed by atoms with Gasteiger partial charge in [0.05, 0.1) is 5.52 Å². The second-order valence-electron chi connectivity index (χ2n) is 6.15. The summed E-state index contributed by atoms with van der Waals surface area (Å²) < 4.78 is 0. The lowest BCUT2D eigenvalue weighted by Gasteiger charge is -2.13. The lowest BCUT2D eigenvalue weighted by Crippen LogP contribution is -2.41. The molecule has 1 unspecified atom stereocenters. The Morgan fingerprint density at radius 1 is 1.08 bits per heavy atom. The van der Waals surface area contributed by atoms with Crippen molar-refractivity contribution in [1.29, 1.82) is 0 Å². The molecule has 4 rings (SSSR count). The molecule has 26 heavy (non-hydrogen) atoms. The Morgan fingerprint density at radius 3 is 2.85 bits per heavy atom. The SMILES string of the molecule is O=C(NCCc1cccc2cccnc12)NC1C(=O)Nc2ccccc21. The van der Waals surface area contributed by atoms with Gasteiger partial charge in [-0.25, -0.2) is 4.79 Å². The maximum absolute atomic E-state index is 12.2. The summed E-state index contributed by atoms with van der Waals surface area (Å²) in [6.07, 6.45) is 2.43. The zero-order chi connectivity index (χ0) is 17.9. The summed E-state index contributed by atoms with van der Waals surface area (Å²) in [5.41, 5.74) is 3.55. The van der Waals surface area contributed by atoms with Gasteiger partial charge in [0.25, 0.3) is 5.91 Å². The summed E-state index contributed by atoms with van der Waals surface area (Å²) in [4.78, 5) is 28.7. The van der Waals surface area contributed by atoms with E-state index in [1.807, 2.05) is 54.6 Å². The molecule has 0 saturated heterocycles. The minimum Gasteiger partial charge on any atom is -0.338 e. The molecule has 130 valence electrons. The zero-order valence-electron chi connectivity index (χ0n) is 14.0. The molecule has 1 atom stereocenters. The first-order valence-corrected chi connectivity index (χ1v) is 8.49. The topological polar surface area (TPSA) is 83.1 Å². The standard InChI is InChI=1S/C20H18N4O2/c25-19-18(15-8-1-2-9-16(15)23-19)24-20(26)22-12-10-14-6-3-5-13-7-4-11-21-17(13)14/h1-9,11,18H,10,12H2,(H,23,25)(H2,22,24,26). The number of carbonyl (C=O) groups is 2. The fourth-order valence-corrected chi connectivity index (χ4v) is 3.21. The van der Waals surface area contributed by atoms with Crippen molar-refractivity contribution in [3.05, 3.63) is 71.9 Å². The van der Waals surface area contributed by atoms with Crippen molar-refractivity contribution in [1.82, 2.24) is 15.6 Å². The Hall–Kier alpha value is -3.41. The number of fused-ring (bicyclic) bond motifs is 2. The molecule has 3 N–H and O–H groups in total. The van der Waals surface area contributed by atoms with Crippen LogP contribution in [0.25, 0.3) is 10.9 Å². The maximum Gasteiger partial charge on any atom is 0.315 e. The van der Waals surface area contributed by atoms with Crippen LogP contribution in [0.2, 0.25) is 0 Å². The molecule has 0 bridgehead atoms. The molecule has 6 heteroatoms. The quantitative estimate of drug-likeness (QED) is 0.679. The van der Waals surface area contributed by atoms with Gasteiger partial charge in [-0.3, -0.25) is 9.78 Å². The number of nitrogens with one attached hydrogen (secondary N) is 3. The van der Waals surface area contributed by atoms with E-state index in [4.69, 9.17) is 0 Å². The minimum atomic E-state index is -0.662. The van der Waals surface area contributed by atoms with Crippen LogP contribution in [0.5, 0.6) is 0 Å². The Bertz CT molecular complexity index is 981. The highest BCUT2D eigenvalue weighted by Crippen LogP contribution is 2.29. The summed E-state index contributed by atoms with van der Waals surface area (Å²) in [6.45, 7) is 0.456. The lowest BCUT2D eigenvalue weighted by atomic mass is 10.1. The van der Waals surface area contributed by atoms with E-state index in [1.54, 1.807) is 6.20 Å². The number of benzene rings is 2. The highest BCUT2D eigenvalue weighted by Gasteiger charge is 2.31. The first kappa shape index (κ1) is 16.1. The molecule has 1 aliphatic heterocycles. The molecule has 1 aliphatic rings. The van der Waals surface area contributed by atoms with Crippen molar-refractivity contribution in [2.24, 2.45) is 0 Å². The number of pyridine rings is 1. The molecule has 6 nitrogen and oxygen atoms in total. The number of carbonyl (C=O) groups excluding carboxylic acids is 2. The van der Waals surface area contributed by atoms with Gasteiger partial charge in [-0.1, -0.05) is 42.5 Å². The van der Waals surface area contributed by atoms with Crippen LogP contribution in [0.4, 0.5) is 10.5 Å². The number of hydrogen-bond acceptors (Lipinski definition) is 3. The van der Waals surface area contributed by atoms with E-state index in [-0.39, 0.29) is 11.9 Å². The molecule has 2 heterocycles. The van der Waals surface area contributed by atoms with E-state index in [0.29, 0.717) is 13.0 Å². The van der Waals surface area contributed by atoms with Crippen LogP contribution in [0, 0.1) is 0 Å². The van der Waals surface area contributed by atoms with E-state index < -0.39 is 6.04 Å². The summed E-state index contributed by atoms with van der Waals surface area (Å²) in [5, 5.41) is 9.39. The second-order valence-corrected chi connectivity index (χ2v) is 6.15. The molecule has 3 aromatic rings. The van der Waals surface area contributed by atoms with Gasteiger partial charge in [0.15, 0.2) is 0 Å². The number of amides is 3. The predicted octanol–water partition coefficient (Wildman–Crippen LogP) is 2.77. The third kappa shape index (κ3) is 3.09. The number of aromatic nitrogens is 1. The molecule has 0 fully saturated rings. The smallest absolute Gasteiger partial charge is 0.315 e. The van der Waals surface area contributed by atoms with Crippen LogP contribution in [0.1, 0.15) is 17.2 Å². The van der Waals surface area contributed by atoms with E-state index in [2.05, 4.69) is 20.9 Å². The minimum absolute atomic E-state index is 0.223. The Morgan fingerprint density at radius 2 is 1.92 bits per heavy atom. The van der Waals surface area contributed by atoms with Crippen molar-refractivity contribution in [3.8, 4) is 0 Å². The molecule has 0 saturated carbocycles. The van der Waals surface area contributed by atoms with E-state index in [0.717, 1.165) is 27.7 Å². The Balaban J connectivity index is 1.37. The Labute approximate surface area is 150 Å². The first-order chi connectivity index (χ1) is 12.7. The van der Waals surface area contributed by atoms with Crippen molar-refractivity contribution in [2.75, 3.05) is 11.9 Å². The van der Waals surface area contributed by atoms with Crippen molar-refractivity contribution < 1.29 is 9.59 Å². The van der Waals surface area contributed by atoms with Gasteiger partial charge >= 0.3 is 6.03 Å². The van der Waals surface area contributed by atoms with E-state index >= 15 is 0 Å². The van der Waals surface area contributed by atoms with E-state index in [1.165, 1.54) is 0 Å². The monoisotopic (exact) mass is 346 g/mol. The molecule has 2 aromatic carbocycles. The molecule has 0 radical (unpaired) electrons. The number of hydrogen-bond donors (Lipinski definition) is 3. The number of nitrogens with zero attached hydrogens (tertiary/aromatic N) is 1. The molecule has 0 aliphatic carbocycles. The van der Waals surface area contributed by atoms with Crippen LogP contribution in [0.15, 0.2) is 60.8 Å². The number of rotatable bonds is 4. The maximum atomic E-state index is 12.2. The van der Waals surface area contributed by atoms with Crippen molar-refractivity contribution >= 4 is 28.5 Å². The zero-order valence-corrected chi connectivity index (χ0v) is 14.0. The number of para-hydroxylation sites is 2. The summed E-state index contributed by atoms with van der Waals surface area (Å²) in [5.74, 6) is -0.223. The van der Waals surface area contributed by atoms with Gasteiger partial charge in [-0.15, -0.1) is 0 Å². The average Bonchev–Trinajstić information content (AvgIpc) is 2.97. The van der Waals surface area contributed by atoms with Crippen LogP contribution in [0.3, 0.4) is 0 Å².